The lowest BCUT2D eigenvalue weighted by Gasteiger charge is -2.15. The van der Waals surface area contributed by atoms with Gasteiger partial charge in [-0.3, -0.25) is 0 Å². The molecule has 0 amide bonds. The number of carbonyl (C=O) groups is 1. The van der Waals surface area contributed by atoms with E-state index in [1.165, 1.54) is 7.11 Å². The molecule has 0 aliphatic carbocycles. The van der Waals surface area contributed by atoms with E-state index in [4.69, 9.17) is 14.2 Å². The summed E-state index contributed by atoms with van der Waals surface area (Å²) in [6.07, 6.45) is 3.65. The van der Waals surface area contributed by atoms with Crippen LogP contribution in [0.15, 0.2) is 23.3 Å². The van der Waals surface area contributed by atoms with Crippen molar-refractivity contribution in [2.45, 2.75) is 11.7 Å². The first-order valence-corrected chi connectivity index (χ1v) is 4.53. The fraction of sp³-hybridized carbons (Fsp3) is 0.500. The molecule has 74 valence electrons. The van der Waals surface area contributed by atoms with Gasteiger partial charge in [-0.2, -0.15) is 0 Å². The van der Waals surface area contributed by atoms with Crippen molar-refractivity contribution in [1.82, 2.24) is 0 Å². The van der Waals surface area contributed by atoms with Gasteiger partial charge in [0.2, 0.25) is 0 Å². The predicted octanol–water partition coefficient (Wildman–Crippen LogP) is 0.194. The van der Waals surface area contributed by atoms with Crippen molar-refractivity contribution in [3.05, 3.63) is 23.3 Å². The summed E-state index contributed by atoms with van der Waals surface area (Å²) in [7, 11) is 1.38. The van der Waals surface area contributed by atoms with Crippen molar-refractivity contribution in [2.24, 2.45) is 0 Å². The van der Waals surface area contributed by atoms with Crippen LogP contribution < -0.4 is 0 Å². The molecule has 0 aromatic rings. The zero-order chi connectivity index (χ0) is 9.76. The molecule has 3 rings (SSSR count). The van der Waals surface area contributed by atoms with E-state index in [1.54, 1.807) is 0 Å². The van der Waals surface area contributed by atoms with Crippen LogP contribution in [0.5, 0.6) is 0 Å². The van der Waals surface area contributed by atoms with E-state index in [-0.39, 0.29) is 12.1 Å². The van der Waals surface area contributed by atoms with Crippen molar-refractivity contribution in [2.75, 3.05) is 20.3 Å². The standard InChI is InChI=1S/C10H10O4/c1-12-9(11)8-6-4-13-5-10(6)3-2-7(8)14-10/h2-3,7H,4-5H2,1H3/t7-,10-/m0/s1. The van der Waals surface area contributed by atoms with Crippen molar-refractivity contribution in [3.63, 3.8) is 0 Å². The van der Waals surface area contributed by atoms with E-state index in [1.807, 2.05) is 12.2 Å². The van der Waals surface area contributed by atoms with Crippen LogP contribution in [0.2, 0.25) is 0 Å². The van der Waals surface area contributed by atoms with E-state index in [0.29, 0.717) is 18.8 Å². The molecular formula is C10H10O4. The number of rotatable bonds is 1. The van der Waals surface area contributed by atoms with Gasteiger partial charge in [0.05, 0.1) is 25.9 Å². The maximum Gasteiger partial charge on any atom is 0.336 e. The maximum atomic E-state index is 11.5. The lowest BCUT2D eigenvalue weighted by atomic mass is 9.90. The second-order valence-corrected chi connectivity index (χ2v) is 3.66. The molecule has 3 aliphatic rings. The molecule has 0 radical (unpaired) electrons. The highest BCUT2D eigenvalue weighted by molar-refractivity contribution is 5.93. The second-order valence-electron chi connectivity index (χ2n) is 3.66. The Labute approximate surface area is 81.1 Å². The van der Waals surface area contributed by atoms with E-state index in [2.05, 4.69) is 0 Å². The van der Waals surface area contributed by atoms with Gasteiger partial charge in [-0.05, 0) is 6.08 Å². The fourth-order valence-electron chi connectivity index (χ4n) is 2.30. The molecular weight excluding hydrogens is 184 g/mol. The second kappa shape index (κ2) is 2.46. The molecule has 3 aliphatic heterocycles. The Hall–Kier alpha value is -1.13. The monoisotopic (exact) mass is 194 g/mol. The SMILES string of the molecule is COC(=O)C1=C2COC[C@@]23C=C[C@@H]1O3. The smallest absolute Gasteiger partial charge is 0.336 e. The van der Waals surface area contributed by atoms with Crippen LogP contribution >= 0.6 is 0 Å². The quantitative estimate of drug-likeness (QED) is 0.441. The number of hydrogen-bond donors (Lipinski definition) is 0. The zero-order valence-electron chi connectivity index (χ0n) is 7.78. The molecule has 2 atom stereocenters. The van der Waals surface area contributed by atoms with Crippen molar-refractivity contribution in [1.29, 1.82) is 0 Å². The number of ether oxygens (including phenoxy) is 3. The minimum atomic E-state index is -0.450. The first kappa shape index (κ1) is 8.20. The Morgan fingerprint density at radius 1 is 1.71 bits per heavy atom. The van der Waals surface area contributed by atoms with Gasteiger partial charge in [-0.1, -0.05) is 6.08 Å². The molecule has 0 aromatic carbocycles. The predicted molar refractivity (Wildman–Crippen MR) is 46.6 cm³/mol. The summed E-state index contributed by atoms with van der Waals surface area (Å²) >= 11 is 0. The summed E-state index contributed by atoms with van der Waals surface area (Å²) in [5, 5.41) is 0. The fourth-order valence-corrected chi connectivity index (χ4v) is 2.30. The number of fused-ring (bicyclic) bond motifs is 1. The minimum Gasteiger partial charge on any atom is -0.466 e. The highest BCUT2D eigenvalue weighted by atomic mass is 16.6. The molecule has 1 spiro atoms. The van der Waals surface area contributed by atoms with Gasteiger partial charge < -0.3 is 14.2 Å². The van der Waals surface area contributed by atoms with Crippen LogP contribution in [0.25, 0.3) is 0 Å². The molecule has 0 N–H and O–H groups in total. The third-order valence-corrected chi connectivity index (χ3v) is 2.97. The van der Waals surface area contributed by atoms with Crippen LogP contribution in [-0.2, 0) is 19.0 Å². The molecule has 0 saturated carbocycles. The van der Waals surface area contributed by atoms with Crippen LogP contribution in [-0.4, -0.2) is 38.0 Å². The Bertz CT molecular complexity index is 368. The van der Waals surface area contributed by atoms with E-state index in [9.17, 15) is 4.79 Å². The van der Waals surface area contributed by atoms with Crippen LogP contribution in [0.1, 0.15) is 0 Å². The largest absolute Gasteiger partial charge is 0.466 e. The van der Waals surface area contributed by atoms with E-state index < -0.39 is 5.60 Å². The third-order valence-electron chi connectivity index (χ3n) is 2.97. The maximum absolute atomic E-state index is 11.5. The number of methoxy groups -OCH3 is 1. The third kappa shape index (κ3) is 0.779. The summed E-state index contributed by atoms with van der Waals surface area (Å²) in [6.45, 7) is 0.987. The molecule has 2 bridgehead atoms. The van der Waals surface area contributed by atoms with E-state index in [0.717, 1.165) is 5.57 Å². The number of hydrogen-bond acceptors (Lipinski definition) is 4. The molecule has 1 saturated heterocycles. The average molecular weight is 194 g/mol. The first-order chi connectivity index (χ1) is 6.77. The van der Waals surface area contributed by atoms with Gasteiger partial charge >= 0.3 is 5.97 Å². The van der Waals surface area contributed by atoms with E-state index >= 15 is 0 Å². The average Bonchev–Trinajstić information content (AvgIpc) is 2.83. The Kier molecular flexibility index (Phi) is 1.44. The van der Waals surface area contributed by atoms with Gasteiger partial charge in [-0.15, -0.1) is 0 Å². The molecule has 4 heteroatoms. The highest BCUT2D eigenvalue weighted by Gasteiger charge is 2.54. The van der Waals surface area contributed by atoms with Crippen molar-refractivity contribution >= 4 is 5.97 Å². The molecule has 4 nitrogen and oxygen atoms in total. The Balaban J connectivity index is 2.09. The topological polar surface area (TPSA) is 44.8 Å². The van der Waals surface area contributed by atoms with Gasteiger partial charge in [0.25, 0.3) is 0 Å². The molecule has 14 heavy (non-hydrogen) atoms. The van der Waals surface area contributed by atoms with Crippen LogP contribution in [0.4, 0.5) is 0 Å². The van der Waals surface area contributed by atoms with Gasteiger partial charge in [-0.25, -0.2) is 4.79 Å². The Morgan fingerprint density at radius 3 is 3.36 bits per heavy atom. The van der Waals surface area contributed by atoms with Crippen LogP contribution in [0, 0.1) is 0 Å². The first-order valence-electron chi connectivity index (χ1n) is 4.53. The van der Waals surface area contributed by atoms with Crippen molar-refractivity contribution < 1.29 is 19.0 Å². The summed E-state index contributed by atoms with van der Waals surface area (Å²) in [6, 6.07) is 0. The molecule has 1 fully saturated rings. The molecule has 3 heterocycles. The van der Waals surface area contributed by atoms with Gasteiger partial charge in [0.1, 0.15) is 11.7 Å². The van der Waals surface area contributed by atoms with Crippen LogP contribution in [0.3, 0.4) is 0 Å². The molecule has 0 aromatic heterocycles. The normalized spacial score (nSPS) is 37.9. The number of esters is 1. The minimum absolute atomic E-state index is 0.221. The summed E-state index contributed by atoms with van der Waals surface area (Å²) in [4.78, 5) is 11.5. The van der Waals surface area contributed by atoms with Gasteiger partial charge in [0, 0.05) is 5.57 Å². The zero-order valence-corrected chi connectivity index (χ0v) is 7.78. The molecule has 0 unspecified atom stereocenters. The summed E-state index contributed by atoms with van der Waals surface area (Å²) < 4.78 is 15.7. The van der Waals surface area contributed by atoms with Gasteiger partial charge in [0.15, 0.2) is 0 Å². The highest BCUT2D eigenvalue weighted by Crippen LogP contribution is 2.46. The summed E-state index contributed by atoms with van der Waals surface area (Å²) in [5.74, 6) is -0.304. The number of carbonyl (C=O) groups excluding carboxylic acids is 1. The van der Waals surface area contributed by atoms with Crippen molar-refractivity contribution in [3.8, 4) is 0 Å². The lowest BCUT2D eigenvalue weighted by molar-refractivity contribution is -0.137. The summed E-state index contributed by atoms with van der Waals surface area (Å²) in [5.41, 5.74) is 1.12. The Morgan fingerprint density at radius 2 is 2.57 bits per heavy atom. The lowest BCUT2D eigenvalue weighted by Crippen LogP contribution is -2.26.